The Morgan fingerprint density at radius 2 is 1.95 bits per heavy atom. The Morgan fingerprint density at radius 3 is 2.57 bits per heavy atom. The van der Waals surface area contributed by atoms with E-state index in [-0.39, 0.29) is 0 Å². The fraction of sp³-hybridized carbons (Fsp3) is 0.467. The molecule has 0 bridgehead atoms. The summed E-state index contributed by atoms with van der Waals surface area (Å²) < 4.78 is 10.1. The van der Waals surface area contributed by atoms with Gasteiger partial charge in [-0.15, -0.1) is 0 Å². The van der Waals surface area contributed by atoms with Crippen molar-refractivity contribution in [1.82, 2.24) is 5.32 Å². The number of rotatable bonds is 2. The summed E-state index contributed by atoms with van der Waals surface area (Å²) in [5, 5.41) is 11.6. The lowest BCUT2D eigenvalue weighted by Gasteiger charge is -2.24. The SMILES string of the molecule is CC(C)(C)OC(=O)NC1Cc2ccccc2C1OC(=O)O. The second-order valence-corrected chi connectivity index (χ2v) is 5.96. The van der Waals surface area contributed by atoms with E-state index in [9.17, 15) is 9.59 Å². The second-order valence-electron chi connectivity index (χ2n) is 5.96. The predicted octanol–water partition coefficient (Wildman–Crippen LogP) is 2.87. The van der Waals surface area contributed by atoms with Gasteiger partial charge in [-0.1, -0.05) is 24.3 Å². The number of benzene rings is 1. The number of hydrogen-bond donors (Lipinski definition) is 2. The van der Waals surface area contributed by atoms with E-state index in [0.29, 0.717) is 6.42 Å². The lowest BCUT2D eigenvalue weighted by molar-refractivity contribution is 0.0252. The summed E-state index contributed by atoms with van der Waals surface area (Å²) in [4.78, 5) is 22.7. The quantitative estimate of drug-likeness (QED) is 0.819. The molecule has 1 aromatic carbocycles. The number of carbonyl (C=O) groups is 2. The Balaban J connectivity index is 2.12. The Labute approximate surface area is 123 Å². The minimum Gasteiger partial charge on any atom is -0.450 e. The highest BCUT2D eigenvalue weighted by Crippen LogP contribution is 2.34. The molecule has 0 saturated heterocycles. The third-order valence-electron chi connectivity index (χ3n) is 3.10. The van der Waals surface area contributed by atoms with Crippen LogP contribution >= 0.6 is 0 Å². The number of fused-ring (bicyclic) bond motifs is 1. The molecule has 1 aliphatic rings. The highest BCUT2D eigenvalue weighted by molar-refractivity contribution is 5.69. The van der Waals surface area contributed by atoms with Crippen molar-refractivity contribution in [2.24, 2.45) is 0 Å². The van der Waals surface area contributed by atoms with Gasteiger partial charge in [0.1, 0.15) is 5.60 Å². The average molecular weight is 293 g/mol. The molecule has 0 radical (unpaired) electrons. The first-order valence-electron chi connectivity index (χ1n) is 6.73. The molecule has 21 heavy (non-hydrogen) atoms. The van der Waals surface area contributed by atoms with Crippen LogP contribution in [0.4, 0.5) is 9.59 Å². The molecule has 2 atom stereocenters. The summed E-state index contributed by atoms with van der Waals surface area (Å²) in [5.41, 5.74) is 1.13. The van der Waals surface area contributed by atoms with Crippen LogP contribution < -0.4 is 5.32 Å². The lowest BCUT2D eigenvalue weighted by Crippen LogP contribution is -2.42. The molecule has 2 rings (SSSR count). The lowest BCUT2D eigenvalue weighted by atomic mass is 10.1. The van der Waals surface area contributed by atoms with Gasteiger partial charge in [0.05, 0.1) is 6.04 Å². The van der Waals surface area contributed by atoms with Gasteiger partial charge in [0.2, 0.25) is 0 Å². The zero-order valence-corrected chi connectivity index (χ0v) is 12.3. The second kappa shape index (κ2) is 5.63. The molecule has 6 nitrogen and oxygen atoms in total. The van der Waals surface area contributed by atoms with Gasteiger partial charge in [-0.3, -0.25) is 0 Å². The topological polar surface area (TPSA) is 84.9 Å². The van der Waals surface area contributed by atoms with Gasteiger partial charge in [-0.2, -0.15) is 0 Å². The molecule has 0 spiro atoms. The number of ether oxygens (including phenoxy) is 2. The zero-order chi connectivity index (χ0) is 15.6. The molecule has 1 aromatic rings. The van der Waals surface area contributed by atoms with Gasteiger partial charge in [-0.25, -0.2) is 9.59 Å². The summed E-state index contributed by atoms with van der Waals surface area (Å²) in [6.45, 7) is 5.30. The Hall–Kier alpha value is -2.24. The molecule has 0 fully saturated rings. The van der Waals surface area contributed by atoms with Crippen molar-refractivity contribution >= 4 is 12.2 Å². The van der Waals surface area contributed by atoms with Gasteiger partial charge in [0.25, 0.3) is 0 Å². The van der Waals surface area contributed by atoms with Crippen molar-refractivity contribution in [2.75, 3.05) is 0 Å². The maximum absolute atomic E-state index is 11.9. The summed E-state index contributed by atoms with van der Waals surface area (Å²) in [7, 11) is 0. The van der Waals surface area contributed by atoms with E-state index < -0.39 is 30.0 Å². The van der Waals surface area contributed by atoms with Crippen LogP contribution in [-0.2, 0) is 15.9 Å². The third-order valence-corrected chi connectivity index (χ3v) is 3.10. The number of amides is 1. The van der Waals surface area contributed by atoms with Crippen LogP contribution in [0.1, 0.15) is 38.0 Å². The van der Waals surface area contributed by atoms with Crippen molar-refractivity contribution < 1.29 is 24.2 Å². The van der Waals surface area contributed by atoms with Crippen LogP contribution in [-0.4, -0.2) is 29.0 Å². The van der Waals surface area contributed by atoms with Crippen LogP contribution in [0.25, 0.3) is 0 Å². The van der Waals surface area contributed by atoms with Crippen molar-refractivity contribution in [1.29, 1.82) is 0 Å². The molecule has 2 N–H and O–H groups in total. The van der Waals surface area contributed by atoms with E-state index >= 15 is 0 Å². The molecule has 1 aliphatic carbocycles. The highest BCUT2D eigenvalue weighted by Gasteiger charge is 2.37. The number of hydrogen-bond acceptors (Lipinski definition) is 4. The minimum absolute atomic E-state index is 0.464. The zero-order valence-electron chi connectivity index (χ0n) is 12.3. The van der Waals surface area contributed by atoms with Crippen molar-refractivity contribution in [3.05, 3.63) is 35.4 Å². The largest absolute Gasteiger partial charge is 0.506 e. The average Bonchev–Trinajstić information content (AvgIpc) is 2.64. The summed E-state index contributed by atoms with van der Waals surface area (Å²) in [5.74, 6) is 0. The Morgan fingerprint density at radius 1 is 1.29 bits per heavy atom. The standard InChI is InChI=1S/C15H19NO5/c1-15(2,3)21-13(17)16-11-8-9-6-4-5-7-10(9)12(11)20-14(18)19/h4-7,11-12H,8H2,1-3H3,(H,16,17)(H,18,19). The highest BCUT2D eigenvalue weighted by atomic mass is 16.7. The Bertz CT molecular complexity index is 549. The summed E-state index contributed by atoms with van der Waals surface area (Å²) >= 11 is 0. The van der Waals surface area contributed by atoms with Crippen LogP contribution in [0.2, 0.25) is 0 Å². The van der Waals surface area contributed by atoms with Gasteiger partial charge >= 0.3 is 12.2 Å². The number of alkyl carbamates (subject to hydrolysis) is 1. The van der Waals surface area contributed by atoms with Crippen LogP contribution in [0, 0.1) is 0 Å². The first-order valence-corrected chi connectivity index (χ1v) is 6.73. The van der Waals surface area contributed by atoms with E-state index in [2.05, 4.69) is 5.32 Å². The Kier molecular flexibility index (Phi) is 4.06. The maximum Gasteiger partial charge on any atom is 0.506 e. The first kappa shape index (κ1) is 15.2. The van der Waals surface area contributed by atoms with E-state index in [4.69, 9.17) is 14.6 Å². The minimum atomic E-state index is -1.37. The van der Waals surface area contributed by atoms with Gasteiger partial charge in [0, 0.05) is 0 Å². The van der Waals surface area contributed by atoms with Gasteiger partial charge < -0.3 is 19.9 Å². The van der Waals surface area contributed by atoms with Gasteiger partial charge in [0.15, 0.2) is 6.10 Å². The van der Waals surface area contributed by atoms with Crippen molar-refractivity contribution in [2.45, 2.75) is 44.9 Å². The fourth-order valence-electron chi connectivity index (χ4n) is 2.40. The monoisotopic (exact) mass is 293 g/mol. The van der Waals surface area contributed by atoms with Crippen LogP contribution in [0.15, 0.2) is 24.3 Å². The molecule has 0 heterocycles. The number of nitrogens with one attached hydrogen (secondary N) is 1. The van der Waals surface area contributed by atoms with E-state index in [1.54, 1.807) is 26.8 Å². The number of carboxylic acid groups (broad SMARTS) is 1. The molecular formula is C15H19NO5. The molecule has 1 amide bonds. The molecule has 0 aliphatic heterocycles. The van der Waals surface area contributed by atoms with E-state index in [0.717, 1.165) is 11.1 Å². The smallest absolute Gasteiger partial charge is 0.450 e. The van der Waals surface area contributed by atoms with Gasteiger partial charge in [-0.05, 0) is 38.3 Å². The maximum atomic E-state index is 11.9. The van der Waals surface area contributed by atoms with Crippen molar-refractivity contribution in [3.63, 3.8) is 0 Å². The summed E-state index contributed by atoms with van der Waals surface area (Å²) in [6.07, 6.45) is -2.16. The molecule has 0 saturated carbocycles. The van der Waals surface area contributed by atoms with Crippen molar-refractivity contribution in [3.8, 4) is 0 Å². The third kappa shape index (κ3) is 3.87. The fourth-order valence-corrected chi connectivity index (χ4v) is 2.40. The van der Waals surface area contributed by atoms with E-state index in [1.165, 1.54) is 0 Å². The normalized spacial score (nSPS) is 20.5. The summed E-state index contributed by atoms with van der Waals surface area (Å²) in [6, 6.07) is 6.91. The molecule has 114 valence electrons. The molecule has 0 aromatic heterocycles. The van der Waals surface area contributed by atoms with Crippen LogP contribution in [0.3, 0.4) is 0 Å². The van der Waals surface area contributed by atoms with E-state index in [1.807, 2.05) is 18.2 Å². The predicted molar refractivity (Wildman–Crippen MR) is 75.2 cm³/mol. The molecular weight excluding hydrogens is 274 g/mol. The van der Waals surface area contributed by atoms with Crippen LogP contribution in [0.5, 0.6) is 0 Å². The number of carbonyl (C=O) groups excluding carboxylic acids is 1. The molecule has 2 unspecified atom stereocenters. The molecule has 6 heteroatoms. The first-order chi connectivity index (χ1) is 9.76.